The molecular weight excluding hydrogens is 430 g/mol. The molecule has 0 aliphatic heterocycles. The van der Waals surface area contributed by atoms with E-state index in [4.69, 9.17) is 12.2 Å². The van der Waals surface area contributed by atoms with Gasteiger partial charge in [0.05, 0.1) is 4.90 Å². The highest BCUT2D eigenvalue weighted by Crippen LogP contribution is 2.21. The number of hydrogen-bond acceptors (Lipinski definition) is 4. The van der Waals surface area contributed by atoms with Crippen LogP contribution < -0.4 is 5.32 Å². The first-order valence-corrected chi connectivity index (χ1v) is 12.7. The summed E-state index contributed by atoms with van der Waals surface area (Å²) in [4.78, 5) is 0.314. The molecule has 0 radical (unpaired) electrons. The minimum atomic E-state index is -3.58. The molecule has 3 aromatic rings. The Morgan fingerprint density at radius 3 is 2.07 bits per heavy atom. The smallest absolute Gasteiger partial charge is 0.199 e. The molecular formula is C24H25NO2S3. The maximum absolute atomic E-state index is 13.3. The van der Waals surface area contributed by atoms with E-state index in [0.29, 0.717) is 27.8 Å². The highest BCUT2D eigenvalue weighted by Gasteiger charge is 2.28. The maximum atomic E-state index is 13.3. The van der Waals surface area contributed by atoms with E-state index >= 15 is 0 Å². The van der Waals surface area contributed by atoms with Gasteiger partial charge in [0.2, 0.25) is 0 Å². The molecule has 0 spiro atoms. The van der Waals surface area contributed by atoms with Gasteiger partial charge in [-0.1, -0.05) is 102 Å². The zero-order valence-electron chi connectivity index (χ0n) is 16.8. The molecule has 0 aromatic heterocycles. The fraction of sp³-hybridized carbons (Fsp3) is 0.208. The highest BCUT2D eigenvalue weighted by molar-refractivity contribution is 8.22. The van der Waals surface area contributed by atoms with Gasteiger partial charge in [-0.05, 0) is 43.0 Å². The second-order valence-corrected chi connectivity index (χ2v) is 10.9. The second kappa shape index (κ2) is 10.8. The molecule has 0 aliphatic rings. The van der Waals surface area contributed by atoms with Crippen molar-refractivity contribution in [1.82, 2.24) is 5.32 Å². The largest absolute Gasteiger partial charge is 0.354 e. The number of thioether (sulfide) groups is 1. The van der Waals surface area contributed by atoms with Gasteiger partial charge in [-0.2, -0.15) is 0 Å². The van der Waals surface area contributed by atoms with Crippen LogP contribution in [-0.2, 0) is 22.0 Å². The predicted octanol–water partition coefficient (Wildman–Crippen LogP) is 5.54. The molecule has 6 heteroatoms. The molecule has 3 aromatic carbocycles. The molecule has 0 amide bonds. The first kappa shape index (κ1) is 22.5. The summed E-state index contributed by atoms with van der Waals surface area (Å²) in [5.41, 5.74) is 3.27. The molecule has 0 bridgehead atoms. The van der Waals surface area contributed by atoms with E-state index in [1.54, 1.807) is 12.1 Å². The lowest BCUT2D eigenvalue weighted by molar-refractivity contribution is 0.564. The summed E-state index contributed by atoms with van der Waals surface area (Å²) in [5, 5.41) is 2.34. The monoisotopic (exact) mass is 455 g/mol. The first-order valence-electron chi connectivity index (χ1n) is 9.77. The van der Waals surface area contributed by atoms with Crippen LogP contribution >= 0.6 is 24.0 Å². The molecule has 156 valence electrons. The Morgan fingerprint density at radius 2 is 1.47 bits per heavy atom. The van der Waals surface area contributed by atoms with Crippen LogP contribution in [0.5, 0.6) is 0 Å². The van der Waals surface area contributed by atoms with Gasteiger partial charge in [0, 0.05) is 5.75 Å². The van der Waals surface area contributed by atoms with Crippen molar-refractivity contribution in [2.45, 2.75) is 35.8 Å². The molecule has 3 nitrogen and oxygen atoms in total. The van der Waals surface area contributed by atoms with E-state index in [2.05, 4.69) is 5.32 Å². The standard InChI is InChI=1S/C24H25NO2S3/c1-19-12-15-22(16-13-19)30(26,27)23(17-14-20-8-4-2-5-9-20)25-24(28)29-18-21-10-6-3-7-11-21/h2-13,15-16,23H,14,17-18H2,1H3,(H,25,28). The van der Waals surface area contributed by atoms with E-state index in [-0.39, 0.29) is 0 Å². The van der Waals surface area contributed by atoms with Crippen LogP contribution in [0.3, 0.4) is 0 Å². The van der Waals surface area contributed by atoms with Crippen molar-refractivity contribution in [2.75, 3.05) is 0 Å². The number of sulfone groups is 1. The molecule has 30 heavy (non-hydrogen) atoms. The molecule has 0 heterocycles. The molecule has 3 rings (SSSR count). The van der Waals surface area contributed by atoms with Gasteiger partial charge in [0.15, 0.2) is 9.84 Å². The van der Waals surface area contributed by atoms with E-state index in [1.807, 2.05) is 79.7 Å². The van der Waals surface area contributed by atoms with Crippen molar-refractivity contribution in [3.05, 3.63) is 102 Å². The minimum Gasteiger partial charge on any atom is -0.354 e. The Labute approximate surface area is 188 Å². The zero-order valence-corrected chi connectivity index (χ0v) is 19.3. The summed E-state index contributed by atoms with van der Waals surface area (Å²) in [6, 6.07) is 26.9. The Balaban J connectivity index is 1.74. The van der Waals surface area contributed by atoms with Gasteiger partial charge in [0.1, 0.15) is 9.69 Å². The van der Waals surface area contributed by atoms with Crippen LogP contribution in [0.15, 0.2) is 89.8 Å². The lowest BCUT2D eigenvalue weighted by atomic mass is 10.1. The van der Waals surface area contributed by atoms with Crippen LogP contribution in [0, 0.1) is 6.92 Å². The van der Waals surface area contributed by atoms with E-state index < -0.39 is 15.2 Å². The third-order valence-electron chi connectivity index (χ3n) is 4.75. The van der Waals surface area contributed by atoms with Gasteiger partial charge >= 0.3 is 0 Å². The van der Waals surface area contributed by atoms with Gasteiger partial charge in [-0.25, -0.2) is 8.42 Å². The lowest BCUT2D eigenvalue weighted by Crippen LogP contribution is -2.39. The van der Waals surface area contributed by atoms with Gasteiger partial charge in [-0.3, -0.25) is 0 Å². The minimum absolute atomic E-state index is 0.314. The number of thiocarbonyl (C=S) groups is 1. The van der Waals surface area contributed by atoms with Crippen molar-refractivity contribution in [2.24, 2.45) is 0 Å². The molecule has 0 aliphatic carbocycles. The summed E-state index contributed by atoms with van der Waals surface area (Å²) in [7, 11) is -3.58. The normalized spacial score (nSPS) is 12.3. The Kier molecular flexibility index (Phi) is 8.08. The first-order chi connectivity index (χ1) is 14.4. The van der Waals surface area contributed by atoms with E-state index in [0.717, 1.165) is 16.7 Å². The Bertz CT molecular complexity index is 1050. The van der Waals surface area contributed by atoms with Gasteiger partial charge < -0.3 is 5.32 Å². The molecule has 1 atom stereocenters. The number of aryl methyl sites for hydroxylation is 2. The van der Waals surface area contributed by atoms with Crippen molar-refractivity contribution in [1.29, 1.82) is 0 Å². The fourth-order valence-electron chi connectivity index (χ4n) is 3.04. The summed E-state index contributed by atoms with van der Waals surface area (Å²) in [6.07, 6.45) is 1.09. The third-order valence-corrected chi connectivity index (χ3v) is 8.11. The molecule has 1 unspecified atom stereocenters. The topological polar surface area (TPSA) is 46.2 Å². The van der Waals surface area contributed by atoms with Crippen LogP contribution in [0.2, 0.25) is 0 Å². The van der Waals surface area contributed by atoms with Crippen LogP contribution in [0.1, 0.15) is 23.1 Å². The van der Waals surface area contributed by atoms with Gasteiger partial charge in [-0.15, -0.1) is 0 Å². The van der Waals surface area contributed by atoms with Crippen molar-refractivity contribution in [3.63, 3.8) is 0 Å². The average Bonchev–Trinajstić information content (AvgIpc) is 2.77. The number of rotatable bonds is 8. The molecule has 0 saturated carbocycles. The highest BCUT2D eigenvalue weighted by atomic mass is 32.2. The third kappa shape index (κ3) is 6.42. The summed E-state index contributed by atoms with van der Waals surface area (Å²) < 4.78 is 27.2. The van der Waals surface area contributed by atoms with E-state index in [9.17, 15) is 8.42 Å². The fourth-order valence-corrected chi connectivity index (χ4v) is 5.76. The predicted molar refractivity (Wildman–Crippen MR) is 130 cm³/mol. The van der Waals surface area contributed by atoms with Crippen molar-refractivity contribution < 1.29 is 8.42 Å². The summed E-state index contributed by atoms with van der Waals surface area (Å²) in [5.74, 6) is 0.697. The zero-order chi connectivity index (χ0) is 21.4. The number of benzene rings is 3. The Morgan fingerprint density at radius 1 is 0.900 bits per heavy atom. The molecule has 0 saturated heterocycles. The lowest BCUT2D eigenvalue weighted by Gasteiger charge is -2.21. The van der Waals surface area contributed by atoms with Crippen molar-refractivity contribution in [3.8, 4) is 0 Å². The van der Waals surface area contributed by atoms with Crippen LogP contribution in [0.4, 0.5) is 0 Å². The molecule has 1 N–H and O–H groups in total. The van der Waals surface area contributed by atoms with Crippen LogP contribution in [-0.4, -0.2) is 18.1 Å². The van der Waals surface area contributed by atoms with E-state index in [1.165, 1.54) is 11.8 Å². The average molecular weight is 456 g/mol. The van der Waals surface area contributed by atoms with Crippen molar-refractivity contribution >= 4 is 38.1 Å². The summed E-state index contributed by atoms with van der Waals surface area (Å²) >= 11 is 6.94. The van der Waals surface area contributed by atoms with Crippen LogP contribution in [0.25, 0.3) is 0 Å². The molecule has 0 fully saturated rings. The SMILES string of the molecule is Cc1ccc(S(=O)(=O)C(CCc2ccccc2)NC(=S)SCc2ccccc2)cc1. The maximum Gasteiger partial charge on any atom is 0.199 e. The second-order valence-electron chi connectivity index (χ2n) is 7.08. The number of hydrogen-bond donors (Lipinski definition) is 1. The number of nitrogens with one attached hydrogen (secondary N) is 1. The Hall–Kier alpha value is -2.15. The summed E-state index contributed by atoms with van der Waals surface area (Å²) in [6.45, 7) is 1.94. The van der Waals surface area contributed by atoms with Gasteiger partial charge in [0.25, 0.3) is 0 Å². The quantitative estimate of drug-likeness (QED) is 0.452.